The molecule has 6 fully saturated rings. The Kier molecular flexibility index (Phi) is 10.9. The Morgan fingerprint density at radius 1 is 0.242 bits per heavy atom. The van der Waals surface area contributed by atoms with Crippen molar-refractivity contribution >= 4 is 118 Å². The molecule has 6 heterocycles. The third-order valence-electron chi connectivity index (χ3n) is 11.8. The highest BCUT2D eigenvalue weighted by Gasteiger charge is 2.86. The highest BCUT2D eigenvalue weighted by molar-refractivity contribution is 7.13. The maximum Gasteiger partial charge on any atom is 0.515 e. The summed E-state index contributed by atoms with van der Waals surface area (Å²) >= 11 is 6.67. The van der Waals surface area contributed by atoms with Gasteiger partial charge < -0.3 is 49.4 Å². The largest absolute Gasteiger partial charge is 0.515 e. The molecule has 6 saturated heterocycles. The van der Waals surface area contributed by atoms with E-state index in [4.69, 9.17) is 61.0 Å². The molecule has 0 radical (unpaired) electrons. The molecular weight excluding hydrogens is 993 g/mol. The Hall–Kier alpha value is -3.91. The van der Waals surface area contributed by atoms with Crippen molar-refractivity contribution < 1.29 is 49.4 Å². The first kappa shape index (κ1) is 43.4. The zero-order valence-electron chi connectivity index (χ0n) is 35.1. The zero-order chi connectivity index (χ0) is 44.4. The first-order valence-corrected chi connectivity index (χ1v) is 36.2. The number of alkyl halides is 1. The summed E-state index contributed by atoms with van der Waals surface area (Å²) in [5, 5.41) is 4.06. The van der Waals surface area contributed by atoms with E-state index < -0.39 is 70.4 Å². The first-order valence-electron chi connectivity index (χ1n) is 21.6. The third kappa shape index (κ3) is 7.17. The molecule has 332 valence electrons. The van der Waals surface area contributed by atoms with E-state index in [9.17, 15) is 0 Å². The minimum atomic E-state index is -4.71. The van der Waals surface area contributed by atoms with E-state index in [2.05, 4.69) is 0 Å². The Morgan fingerprint density at radius 3 is 0.576 bits per heavy atom. The number of rotatable bonds is 10. The maximum atomic E-state index is 8.06. The van der Waals surface area contributed by atoms with Crippen molar-refractivity contribution in [3.8, 4) is 0 Å². The summed E-state index contributed by atoms with van der Waals surface area (Å²) in [5.41, 5.74) is 0. The van der Waals surface area contributed by atoms with Gasteiger partial charge in [0.1, 0.15) is 0 Å². The van der Waals surface area contributed by atoms with Gasteiger partial charge in [0.15, 0.2) is 0 Å². The van der Waals surface area contributed by atoms with Crippen molar-refractivity contribution in [3.63, 3.8) is 0 Å². The Balaban J connectivity index is 1.29. The second kappa shape index (κ2) is 16.7. The lowest BCUT2D eigenvalue weighted by molar-refractivity contribution is -0.00663. The molecular formula is C45H41ClO12Si8. The van der Waals surface area contributed by atoms with Crippen LogP contribution in [0.25, 0.3) is 0 Å². The highest BCUT2D eigenvalue weighted by Crippen LogP contribution is 2.49. The molecule has 7 aromatic rings. The van der Waals surface area contributed by atoms with Gasteiger partial charge in [-0.05, 0) is 6.42 Å². The monoisotopic (exact) mass is 1030 g/mol. The SMILES string of the molecule is ClCCC[Si]12O[Si]3(c4ccccc4)O[Si]4(c5ccccc5)O[Si](c5ccccc5)(O1)O[Si]1(c5ccccc5)O[Si](c5ccccc5)(O2)O[Si](c2ccccc2)(O3)O[Si](c2ccccc2)(O4)O1. The average molecular weight is 1030 g/mol. The molecule has 0 amide bonds. The van der Waals surface area contributed by atoms with Gasteiger partial charge in [0.05, 0.1) is 0 Å². The van der Waals surface area contributed by atoms with Gasteiger partial charge in [0, 0.05) is 48.2 Å². The van der Waals surface area contributed by atoms with Crippen LogP contribution in [0.3, 0.4) is 0 Å². The summed E-state index contributed by atoms with van der Waals surface area (Å²) in [6.45, 7) is 0. The number of hydrogen-bond donors (Lipinski definition) is 0. The number of hydrogen-bond acceptors (Lipinski definition) is 12. The van der Waals surface area contributed by atoms with Crippen molar-refractivity contribution in [1.82, 2.24) is 0 Å². The van der Waals surface area contributed by atoms with Gasteiger partial charge in [-0.25, -0.2) is 0 Å². The maximum absolute atomic E-state index is 8.06. The fraction of sp³-hybridized carbons (Fsp3) is 0.0667. The quantitative estimate of drug-likeness (QED) is 0.147. The average Bonchev–Trinajstić information content (AvgIpc) is 3.34. The summed E-state index contributed by atoms with van der Waals surface area (Å²) in [6.07, 6.45) is 0.406. The summed E-state index contributed by atoms with van der Waals surface area (Å²) in [4.78, 5) is 0. The van der Waals surface area contributed by atoms with Gasteiger partial charge in [-0.2, -0.15) is 0 Å². The van der Waals surface area contributed by atoms with E-state index in [1.165, 1.54) is 0 Å². The van der Waals surface area contributed by atoms with Crippen molar-refractivity contribution in [2.45, 2.75) is 12.5 Å². The molecule has 0 atom stereocenters. The third-order valence-corrected chi connectivity index (χ3v) is 46.6. The lowest BCUT2D eigenvalue weighted by Crippen LogP contribution is -2.95. The Bertz CT molecular complexity index is 2530. The standard InChI is InChI=1S/C45H41ClO12Si8/c46-37-22-38-59-47-60(39-23-8-1-9-24-39)50-63(42-29-14-4-15-30-42)52-61(48-59,40-25-10-2-11-26-40)54-65(44-33-18-6-19-34-44)55-62(49-59,41-27-12-3-13-28-41)53-64(51-60,43-31-16-5-17-32-43)57-66(56-63,58-65)45-35-20-7-21-36-45/h1-21,23-36H,22,37-38H2. The lowest BCUT2D eigenvalue weighted by Gasteiger charge is -2.62. The second-order valence-corrected chi connectivity index (χ2v) is 40.0. The van der Waals surface area contributed by atoms with Crippen LogP contribution in [0.1, 0.15) is 6.42 Å². The smallest absolute Gasteiger partial charge is 0.370 e. The molecule has 8 bridgehead atoms. The van der Waals surface area contributed by atoms with Gasteiger partial charge >= 0.3 is 70.4 Å². The summed E-state index contributed by atoms with van der Waals surface area (Å²) in [7, 11) is -37.2. The molecule has 13 rings (SSSR count). The Labute approximate surface area is 396 Å². The molecule has 21 heteroatoms. The van der Waals surface area contributed by atoms with E-state index in [1.807, 2.05) is 212 Å². The number of benzene rings is 7. The van der Waals surface area contributed by atoms with E-state index in [-0.39, 0.29) is 11.9 Å². The molecule has 0 spiro atoms. The topological polar surface area (TPSA) is 111 Å². The molecule has 12 nitrogen and oxygen atoms in total. The number of halogens is 1. The van der Waals surface area contributed by atoms with Crippen molar-refractivity contribution in [2.75, 3.05) is 5.88 Å². The molecule has 66 heavy (non-hydrogen) atoms. The van der Waals surface area contributed by atoms with E-state index in [1.54, 1.807) is 0 Å². The van der Waals surface area contributed by atoms with E-state index in [0.717, 1.165) is 0 Å². The van der Waals surface area contributed by atoms with Crippen molar-refractivity contribution in [2.24, 2.45) is 0 Å². The van der Waals surface area contributed by atoms with Crippen LogP contribution >= 0.6 is 11.6 Å². The van der Waals surface area contributed by atoms with Crippen LogP contribution in [0, 0.1) is 0 Å². The fourth-order valence-corrected chi connectivity index (χ4v) is 55.8. The minimum Gasteiger partial charge on any atom is -0.370 e. The second-order valence-electron chi connectivity index (χ2n) is 16.2. The predicted octanol–water partition coefficient (Wildman–Crippen LogP) is 3.74. The first-order chi connectivity index (χ1) is 32.3. The molecule has 6 aliphatic heterocycles. The van der Waals surface area contributed by atoms with Crippen LogP contribution in [-0.2, 0) is 49.4 Å². The molecule has 0 unspecified atom stereocenters. The van der Waals surface area contributed by atoms with Gasteiger partial charge in [-0.1, -0.05) is 212 Å². The molecule has 0 N–H and O–H groups in total. The lowest BCUT2D eigenvalue weighted by atomic mass is 10.4. The van der Waals surface area contributed by atoms with Crippen molar-refractivity contribution in [1.29, 1.82) is 0 Å². The summed E-state index contributed by atoms with van der Waals surface area (Å²) < 4.78 is 96.2. The summed E-state index contributed by atoms with van der Waals surface area (Å²) in [5.74, 6) is 0.254. The van der Waals surface area contributed by atoms with Crippen LogP contribution in [-0.4, -0.2) is 76.3 Å². The van der Waals surface area contributed by atoms with E-state index >= 15 is 0 Å². The summed E-state index contributed by atoms with van der Waals surface area (Å²) in [6, 6.07) is 67.4. The van der Waals surface area contributed by atoms with Gasteiger partial charge in [0.25, 0.3) is 0 Å². The molecule has 0 aromatic heterocycles. The van der Waals surface area contributed by atoms with Crippen LogP contribution in [0.4, 0.5) is 0 Å². The molecule has 0 saturated carbocycles. The Morgan fingerprint density at radius 2 is 0.409 bits per heavy atom. The van der Waals surface area contributed by atoms with Gasteiger partial charge in [-0.3, -0.25) is 0 Å². The molecule has 0 aliphatic carbocycles. The van der Waals surface area contributed by atoms with Crippen LogP contribution in [0.15, 0.2) is 212 Å². The van der Waals surface area contributed by atoms with Crippen LogP contribution in [0.5, 0.6) is 0 Å². The predicted molar refractivity (Wildman–Crippen MR) is 262 cm³/mol. The van der Waals surface area contributed by atoms with Crippen LogP contribution in [0.2, 0.25) is 6.04 Å². The highest BCUT2D eigenvalue weighted by atomic mass is 35.5. The van der Waals surface area contributed by atoms with E-state index in [0.29, 0.717) is 42.7 Å². The van der Waals surface area contributed by atoms with Gasteiger partial charge in [0.2, 0.25) is 0 Å². The molecule has 6 aliphatic rings. The van der Waals surface area contributed by atoms with Crippen LogP contribution < -0.4 is 36.3 Å². The molecule has 7 aromatic carbocycles. The van der Waals surface area contributed by atoms with Crippen molar-refractivity contribution in [3.05, 3.63) is 212 Å². The fourth-order valence-electron chi connectivity index (χ4n) is 8.88. The minimum absolute atomic E-state index is 0.179. The normalized spacial score (nSPS) is 34.4. The zero-order valence-corrected chi connectivity index (χ0v) is 43.9. The van der Waals surface area contributed by atoms with Gasteiger partial charge in [-0.15, -0.1) is 11.6 Å².